The molecule has 0 N–H and O–H groups in total. The van der Waals surface area contributed by atoms with Crippen molar-refractivity contribution >= 4 is 29.3 Å². The molecule has 0 aromatic heterocycles. The lowest BCUT2D eigenvalue weighted by atomic mass is 9.73. The number of carbonyl (C=O) groups excluding carboxylic acids is 2. The zero-order valence-electron chi connectivity index (χ0n) is 19.5. The summed E-state index contributed by atoms with van der Waals surface area (Å²) in [6.07, 6.45) is 0.390. The van der Waals surface area contributed by atoms with E-state index < -0.39 is 17.4 Å². The minimum absolute atomic E-state index is 0.0592. The fourth-order valence-electron chi connectivity index (χ4n) is 4.71. The van der Waals surface area contributed by atoms with Gasteiger partial charge in [0.2, 0.25) is 5.90 Å². The number of benzene rings is 4. The number of hydrogen-bond donors (Lipinski definition) is 0. The van der Waals surface area contributed by atoms with Crippen molar-refractivity contribution in [2.45, 2.75) is 24.3 Å². The van der Waals surface area contributed by atoms with Gasteiger partial charge in [0.1, 0.15) is 0 Å². The number of aliphatic imine (C=N–C) groups is 1. The lowest BCUT2D eigenvalue weighted by Gasteiger charge is -2.32. The molecular formula is C31H24ClNO3. The maximum atomic E-state index is 13.8. The third-order valence-electron chi connectivity index (χ3n) is 6.50. The zero-order valence-corrected chi connectivity index (χ0v) is 20.3. The van der Waals surface area contributed by atoms with Gasteiger partial charge in [0.05, 0.1) is 0 Å². The second kappa shape index (κ2) is 10.3. The van der Waals surface area contributed by atoms with E-state index in [9.17, 15) is 9.59 Å². The molecule has 0 unspecified atom stereocenters. The number of nitrogens with zero attached hydrogens (tertiary/aromatic N) is 1. The number of carbonyl (C=O) groups is 2. The minimum Gasteiger partial charge on any atom is -0.405 e. The highest BCUT2D eigenvalue weighted by atomic mass is 35.5. The molecule has 0 fully saturated rings. The van der Waals surface area contributed by atoms with Crippen LogP contribution in [0.1, 0.15) is 39.4 Å². The first-order chi connectivity index (χ1) is 17.5. The number of ether oxygens (including phenoxy) is 1. The first-order valence-electron chi connectivity index (χ1n) is 11.8. The Labute approximate surface area is 215 Å². The third kappa shape index (κ3) is 4.86. The van der Waals surface area contributed by atoms with Gasteiger partial charge >= 0.3 is 5.97 Å². The fraction of sp³-hybridized carbons (Fsp3) is 0.129. The maximum absolute atomic E-state index is 13.8. The van der Waals surface area contributed by atoms with Crippen LogP contribution in [0.3, 0.4) is 0 Å². The largest absolute Gasteiger partial charge is 0.405 e. The van der Waals surface area contributed by atoms with Gasteiger partial charge in [0.25, 0.3) is 0 Å². The van der Waals surface area contributed by atoms with Crippen molar-refractivity contribution in [1.29, 1.82) is 0 Å². The summed E-state index contributed by atoms with van der Waals surface area (Å²) in [5, 5.41) is 0.519. The van der Waals surface area contributed by atoms with Crippen LogP contribution in [0.2, 0.25) is 5.02 Å². The van der Waals surface area contributed by atoms with Crippen molar-refractivity contribution in [1.82, 2.24) is 0 Å². The normalized spacial score (nSPS) is 17.8. The molecule has 4 aromatic rings. The van der Waals surface area contributed by atoms with Gasteiger partial charge in [-0.3, -0.25) is 4.79 Å². The van der Waals surface area contributed by atoms with Crippen LogP contribution in [0, 0.1) is 0 Å². The van der Waals surface area contributed by atoms with Crippen molar-refractivity contribution in [2.24, 2.45) is 4.99 Å². The van der Waals surface area contributed by atoms with E-state index in [0.29, 0.717) is 22.6 Å². The van der Waals surface area contributed by atoms with Gasteiger partial charge in [0.15, 0.2) is 11.3 Å². The van der Waals surface area contributed by atoms with E-state index in [1.807, 2.05) is 84.9 Å². The van der Waals surface area contributed by atoms with Crippen LogP contribution in [0.15, 0.2) is 120 Å². The Bertz CT molecular complexity index is 1400. The SMILES string of the molecule is O=C(C[C@H](c1ccccc1)[C@@]1(Cc2ccccc2)N=C(c2cccc(Cl)c2)OC1=O)c1ccccc1. The number of cyclic esters (lactones) is 1. The van der Waals surface area contributed by atoms with E-state index in [0.717, 1.165) is 11.1 Å². The monoisotopic (exact) mass is 493 g/mol. The maximum Gasteiger partial charge on any atom is 0.341 e. The average Bonchev–Trinajstić information content (AvgIpc) is 3.25. The first kappa shape index (κ1) is 23.7. The quantitative estimate of drug-likeness (QED) is 0.203. The molecule has 0 saturated carbocycles. The number of esters is 1. The van der Waals surface area contributed by atoms with E-state index in [2.05, 4.69) is 0 Å². The molecule has 0 saturated heterocycles. The highest BCUT2D eigenvalue weighted by Crippen LogP contribution is 2.43. The van der Waals surface area contributed by atoms with Crippen LogP contribution in [0.25, 0.3) is 0 Å². The smallest absolute Gasteiger partial charge is 0.341 e. The second-order valence-corrected chi connectivity index (χ2v) is 9.30. The Hall–Kier alpha value is -4.02. The van der Waals surface area contributed by atoms with Gasteiger partial charge in [0, 0.05) is 34.9 Å². The molecule has 5 heteroatoms. The number of ketones is 1. The number of hydrogen-bond acceptors (Lipinski definition) is 4. The molecule has 1 heterocycles. The molecule has 1 aliphatic heterocycles. The highest BCUT2D eigenvalue weighted by Gasteiger charge is 2.53. The molecule has 5 rings (SSSR count). The molecule has 0 aliphatic carbocycles. The molecule has 0 bridgehead atoms. The predicted molar refractivity (Wildman–Crippen MR) is 142 cm³/mol. The third-order valence-corrected chi connectivity index (χ3v) is 6.73. The summed E-state index contributed by atoms with van der Waals surface area (Å²) in [4.78, 5) is 32.3. The van der Waals surface area contributed by atoms with Crippen molar-refractivity contribution in [3.63, 3.8) is 0 Å². The fourth-order valence-corrected chi connectivity index (χ4v) is 4.90. The van der Waals surface area contributed by atoms with E-state index in [1.54, 1.807) is 30.3 Å². The van der Waals surface area contributed by atoms with Gasteiger partial charge in [-0.05, 0) is 29.3 Å². The average molecular weight is 494 g/mol. The first-order valence-corrected chi connectivity index (χ1v) is 12.2. The van der Waals surface area contributed by atoms with Crippen molar-refractivity contribution in [3.05, 3.63) is 143 Å². The second-order valence-electron chi connectivity index (χ2n) is 8.86. The standard InChI is InChI=1S/C31H24ClNO3/c32-26-18-10-17-25(19-26)29-33-31(30(35)36-29,21-22-11-4-1-5-12-22)27(23-13-6-2-7-14-23)20-28(34)24-15-8-3-9-16-24/h1-19,27H,20-21H2/t27-,31-/m1/s1. The van der Waals surface area contributed by atoms with Crippen molar-refractivity contribution in [2.75, 3.05) is 0 Å². The zero-order chi connectivity index (χ0) is 25.0. The van der Waals surface area contributed by atoms with Crippen LogP contribution < -0.4 is 0 Å². The van der Waals surface area contributed by atoms with Gasteiger partial charge in [-0.1, -0.05) is 109 Å². The van der Waals surface area contributed by atoms with Crippen molar-refractivity contribution < 1.29 is 14.3 Å². The number of halogens is 1. The molecule has 4 aromatic carbocycles. The summed E-state index contributed by atoms with van der Waals surface area (Å²) in [7, 11) is 0. The van der Waals surface area contributed by atoms with Crippen LogP contribution in [0.5, 0.6) is 0 Å². The van der Waals surface area contributed by atoms with E-state index in [-0.39, 0.29) is 18.1 Å². The highest BCUT2D eigenvalue weighted by molar-refractivity contribution is 6.31. The Kier molecular flexibility index (Phi) is 6.79. The van der Waals surface area contributed by atoms with Crippen molar-refractivity contribution in [3.8, 4) is 0 Å². The molecule has 36 heavy (non-hydrogen) atoms. The molecule has 2 atom stereocenters. The summed E-state index contributed by atoms with van der Waals surface area (Å²) < 4.78 is 5.82. The van der Waals surface area contributed by atoms with Gasteiger partial charge < -0.3 is 4.74 Å². The Morgan fingerprint density at radius 2 is 1.47 bits per heavy atom. The van der Waals surface area contributed by atoms with Gasteiger partial charge in [-0.2, -0.15) is 0 Å². The summed E-state index contributed by atoms with van der Waals surface area (Å²) in [5.41, 5.74) is 1.67. The predicted octanol–water partition coefficient (Wildman–Crippen LogP) is 6.68. The van der Waals surface area contributed by atoms with E-state index in [4.69, 9.17) is 21.3 Å². The Balaban J connectivity index is 1.66. The van der Waals surface area contributed by atoms with Crippen LogP contribution in [-0.4, -0.2) is 23.2 Å². The topological polar surface area (TPSA) is 55.7 Å². The van der Waals surface area contributed by atoms with E-state index in [1.165, 1.54) is 0 Å². The molecule has 4 nitrogen and oxygen atoms in total. The number of rotatable bonds is 8. The molecule has 0 spiro atoms. The molecule has 0 radical (unpaired) electrons. The summed E-state index contributed by atoms with van der Waals surface area (Å²) in [5.74, 6) is -0.866. The van der Waals surface area contributed by atoms with Crippen LogP contribution in [-0.2, 0) is 16.0 Å². The lowest BCUT2D eigenvalue weighted by molar-refractivity contribution is -0.139. The van der Waals surface area contributed by atoms with Crippen LogP contribution in [0.4, 0.5) is 0 Å². The number of Topliss-reactive ketones (excluding diaryl/α,β-unsaturated/α-hetero) is 1. The van der Waals surface area contributed by atoms with Gasteiger partial charge in [-0.25, -0.2) is 9.79 Å². The summed E-state index contributed by atoms with van der Waals surface area (Å²) in [6.45, 7) is 0. The van der Waals surface area contributed by atoms with Crippen LogP contribution >= 0.6 is 11.6 Å². The molecule has 178 valence electrons. The van der Waals surface area contributed by atoms with Gasteiger partial charge in [-0.15, -0.1) is 0 Å². The Morgan fingerprint density at radius 3 is 2.14 bits per heavy atom. The summed E-state index contributed by atoms with van der Waals surface area (Å²) in [6, 6.07) is 35.5. The molecule has 0 amide bonds. The molecule has 1 aliphatic rings. The molecular weight excluding hydrogens is 470 g/mol. The minimum atomic E-state index is -1.33. The summed E-state index contributed by atoms with van der Waals surface area (Å²) >= 11 is 6.22. The lowest BCUT2D eigenvalue weighted by Crippen LogP contribution is -2.43. The van der Waals surface area contributed by atoms with E-state index >= 15 is 0 Å². The Morgan fingerprint density at radius 1 is 0.833 bits per heavy atom.